The minimum atomic E-state index is -0.457. The van der Waals surface area contributed by atoms with E-state index in [2.05, 4.69) is 70.2 Å². The maximum atomic E-state index is 14.4. The molecule has 0 bridgehead atoms. The summed E-state index contributed by atoms with van der Waals surface area (Å²) in [6.45, 7) is 0. The Kier molecular flexibility index (Phi) is 5.83. The van der Waals surface area contributed by atoms with E-state index in [0.29, 0.717) is 5.56 Å². The molecule has 0 unspecified atom stereocenters. The number of rotatable bonds is 4. The Labute approximate surface area is 246 Å². The molecule has 0 aliphatic heterocycles. The van der Waals surface area contributed by atoms with Crippen molar-refractivity contribution in [2.24, 2.45) is 0 Å². The van der Waals surface area contributed by atoms with Gasteiger partial charge in [-0.3, -0.25) is 4.57 Å². The zero-order valence-corrected chi connectivity index (χ0v) is 22.9. The van der Waals surface area contributed by atoms with Gasteiger partial charge in [-0.2, -0.15) is 0 Å². The standard InChI is InChI=1S/C38H23F2N3/c39-32-15-17-35(40)34(23-32)31-13-12-27-19-25(8-9-28(27)21-31)26-10-11-30-22-33(16-14-29(30)20-26)43-37(24-5-2-1-3-6-24)42-36-7-4-18-41-38(36)43/h1-23H. The van der Waals surface area contributed by atoms with Crippen LogP contribution in [0.25, 0.3) is 72.0 Å². The van der Waals surface area contributed by atoms with Crippen molar-refractivity contribution in [1.82, 2.24) is 14.5 Å². The van der Waals surface area contributed by atoms with Crippen molar-refractivity contribution in [2.75, 3.05) is 0 Å². The van der Waals surface area contributed by atoms with E-state index >= 15 is 0 Å². The van der Waals surface area contributed by atoms with Crippen molar-refractivity contribution >= 4 is 32.7 Å². The van der Waals surface area contributed by atoms with Gasteiger partial charge in [-0.15, -0.1) is 0 Å². The summed E-state index contributed by atoms with van der Waals surface area (Å²) < 4.78 is 30.3. The van der Waals surface area contributed by atoms with Crippen LogP contribution in [-0.4, -0.2) is 14.5 Å². The molecular formula is C38H23F2N3. The summed E-state index contributed by atoms with van der Waals surface area (Å²) in [5.41, 5.74) is 6.78. The van der Waals surface area contributed by atoms with Crippen molar-refractivity contribution in [1.29, 1.82) is 0 Å². The summed E-state index contributed by atoms with van der Waals surface area (Å²) in [6.07, 6.45) is 1.80. The van der Waals surface area contributed by atoms with Gasteiger partial charge < -0.3 is 0 Å². The zero-order chi connectivity index (χ0) is 28.9. The number of imidazole rings is 1. The van der Waals surface area contributed by atoms with Crippen LogP contribution in [0.4, 0.5) is 8.78 Å². The van der Waals surface area contributed by atoms with Gasteiger partial charge in [0.15, 0.2) is 5.65 Å². The van der Waals surface area contributed by atoms with E-state index in [-0.39, 0.29) is 5.56 Å². The Morgan fingerprint density at radius 2 is 1.16 bits per heavy atom. The van der Waals surface area contributed by atoms with Crippen LogP contribution in [0.2, 0.25) is 0 Å². The molecule has 0 saturated heterocycles. The molecule has 0 atom stereocenters. The minimum absolute atomic E-state index is 0.259. The van der Waals surface area contributed by atoms with Crippen LogP contribution in [0, 0.1) is 11.6 Å². The van der Waals surface area contributed by atoms with Crippen molar-refractivity contribution in [3.05, 3.63) is 151 Å². The third-order valence-corrected chi connectivity index (χ3v) is 7.94. The van der Waals surface area contributed by atoms with E-state index in [0.717, 1.165) is 73.0 Å². The molecule has 43 heavy (non-hydrogen) atoms. The lowest BCUT2D eigenvalue weighted by molar-refractivity contribution is 0.603. The summed E-state index contributed by atoms with van der Waals surface area (Å²) in [6, 6.07) is 42.4. The number of benzene rings is 6. The van der Waals surface area contributed by atoms with Crippen LogP contribution >= 0.6 is 0 Å². The molecule has 6 aromatic carbocycles. The van der Waals surface area contributed by atoms with Gasteiger partial charge in [0.2, 0.25) is 0 Å². The minimum Gasteiger partial charge on any atom is -0.277 e. The van der Waals surface area contributed by atoms with Gasteiger partial charge in [0.05, 0.1) is 0 Å². The number of hydrogen-bond acceptors (Lipinski definition) is 2. The average molecular weight is 560 g/mol. The third kappa shape index (κ3) is 4.43. The molecule has 8 rings (SSSR count). The molecule has 0 spiro atoms. The number of nitrogens with zero attached hydrogens (tertiary/aromatic N) is 3. The summed E-state index contributed by atoms with van der Waals surface area (Å²) in [5.74, 6) is -0.0443. The lowest BCUT2D eigenvalue weighted by atomic mass is 9.96. The van der Waals surface area contributed by atoms with Gasteiger partial charge in [0, 0.05) is 23.0 Å². The predicted molar refractivity (Wildman–Crippen MR) is 170 cm³/mol. The molecule has 8 aromatic rings. The topological polar surface area (TPSA) is 30.7 Å². The number of pyridine rings is 1. The molecule has 0 saturated carbocycles. The normalized spacial score (nSPS) is 11.5. The monoisotopic (exact) mass is 559 g/mol. The Balaban J connectivity index is 1.17. The van der Waals surface area contributed by atoms with E-state index in [9.17, 15) is 8.78 Å². The van der Waals surface area contributed by atoms with E-state index in [1.165, 1.54) is 6.07 Å². The molecule has 0 radical (unpaired) electrons. The number of aromatic nitrogens is 3. The Morgan fingerprint density at radius 3 is 1.91 bits per heavy atom. The quantitative estimate of drug-likeness (QED) is 0.215. The van der Waals surface area contributed by atoms with E-state index < -0.39 is 11.6 Å². The molecule has 0 aliphatic carbocycles. The highest BCUT2D eigenvalue weighted by atomic mass is 19.1. The van der Waals surface area contributed by atoms with E-state index in [4.69, 9.17) is 4.98 Å². The molecular weight excluding hydrogens is 536 g/mol. The molecule has 2 heterocycles. The lowest BCUT2D eigenvalue weighted by Gasteiger charge is -2.11. The van der Waals surface area contributed by atoms with Crippen molar-refractivity contribution in [3.63, 3.8) is 0 Å². The van der Waals surface area contributed by atoms with Gasteiger partial charge in [0.1, 0.15) is 23.0 Å². The summed E-state index contributed by atoms with van der Waals surface area (Å²) in [5, 5.41) is 4.23. The van der Waals surface area contributed by atoms with Crippen LogP contribution in [0.5, 0.6) is 0 Å². The lowest BCUT2D eigenvalue weighted by Crippen LogP contribution is -1.98. The smallest absolute Gasteiger partial charge is 0.164 e. The zero-order valence-electron chi connectivity index (χ0n) is 22.9. The van der Waals surface area contributed by atoms with Crippen molar-refractivity contribution in [2.45, 2.75) is 0 Å². The maximum absolute atomic E-state index is 14.4. The van der Waals surface area contributed by atoms with Gasteiger partial charge in [-0.25, -0.2) is 18.7 Å². The largest absolute Gasteiger partial charge is 0.277 e. The SMILES string of the molecule is Fc1ccc(F)c(-c2ccc3cc(-c4ccc5cc(-n6c(-c7ccccc7)nc7cccnc76)ccc5c4)ccc3c2)c1. The van der Waals surface area contributed by atoms with E-state index in [1.54, 1.807) is 6.20 Å². The highest BCUT2D eigenvalue weighted by Crippen LogP contribution is 2.33. The first-order chi connectivity index (χ1) is 21.1. The van der Waals surface area contributed by atoms with Crippen LogP contribution in [0.15, 0.2) is 140 Å². The fourth-order valence-corrected chi connectivity index (χ4v) is 5.80. The van der Waals surface area contributed by atoms with E-state index in [1.807, 2.05) is 54.6 Å². The number of fused-ring (bicyclic) bond motifs is 3. The first-order valence-corrected chi connectivity index (χ1v) is 14.0. The summed E-state index contributed by atoms with van der Waals surface area (Å²) in [4.78, 5) is 9.57. The third-order valence-electron chi connectivity index (χ3n) is 7.94. The summed E-state index contributed by atoms with van der Waals surface area (Å²) >= 11 is 0. The highest BCUT2D eigenvalue weighted by molar-refractivity contribution is 5.94. The molecule has 5 heteroatoms. The first kappa shape index (κ1) is 25.1. The van der Waals surface area contributed by atoms with Crippen LogP contribution in [0.3, 0.4) is 0 Å². The van der Waals surface area contributed by atoms with Gasteiger partial charge in [0.25, 0.3) is 0 Å². The van der Waals surface area contributed by atoms with Crippen molar-refractivity contribution in [3.8, 4) is 39.3 Å². The Bertz CT molecular complexity index is 2320. The first-order valence-electron chi connectivity index (χ1n) is 14.0. The number of hydrogen-bond donors (Lipinski definition) is 0. The molecule has 2 aromatic heterocycles. The molecule has 0 fully saturated rings. The van der Waals surface area contributed by atoms with Crippen LogP contribution < -0.4 is 0 Å². The molecule has 204 valence electrons. The highest BCUT2D eigenvalue weighted by Gasteiger charge is 2.16. The molecule has 3 nitrogen and oxygen atoms in total. The Morgan fingerprint density at radius 1 is 0.512 bits per heavy atom. The van der Waals surface area contributed by atoms with Crippen LogP contribution in [-0.2, 0) is 0 Å². The molecule has 0 N–H and O–H groups in total. The van der Waals surface area contributed by atoms with Gasteiger partial charge in [-0.05, 0) is 98.9 Å². The van der Waals surface area contributed by atoms with Crippen molar-refractivity contribution < 1.29 is 8.78 Å². The summed E-state index contributed by atoms with van der Waals surface area (Å²) in [7, 11) is 0. The average Bonchev–Trinajstić information content (AvgIpc) is 3.45. The fourth-order valence-electron chi connectivity index (χ4n) is 5.80. The van der Waals surface area contributed by atoms with Crippen LogP contribution in [0.1, 0.15) is 0 Å². The Hall–Kier alpha value is -5.68. The molecule has 0 amide bonds. The second-order valence-corrected chi connectivity index (χ2v) is 10.6. The second-order valence-electron chi connectivity index (χ2n) is 10.6. The van der Waals surface area contributed by atoms with Gasteiger partial charge in [-0.1, -0.05) is 72.8 Å². The fraction of sp³-hybridized carbons (Fsp3) is 0. The maximum Gasteiger partial charge on any atom is 0.164 e. The number of halogens is 2. The molecule has 0 aliphatic rings. The predicted octanol–water partition coefficient (Wildman–Crippen LogP) is 10.0. The van der Waals surface area contributed by atoms with Gasteiger partial charge >= 0.3 is 0 Å². The second kappa shape index (κ2) is 10.00.